The third-order valence-electron chi connectivity index (χ3n) is 1.90. The van der Waals surface area contributed by atoms with Crippen molar-refractivity contribution in [1.29, 1.82) is 0 Å². The van der Waals surface area contributed by atoms with Crippen LogP contribution in [0.3, 0.4) is 0 Å². The van der Waals surface area contributed by atoms with Crippen molar-refractivity contribution in [2.75, 3.05) is 7.11 Å². The Labute approximate surface area is 85.7 Å². The first kappa shape index (κ1) is 11.3. The number of ether oxygens (including phenoxy) is 1. The molecule has 4 N–H and O–H groups in total. The van der Waals surface area contributed by atoms with Gasteiger partial charge in [-0.25, -0.2) is 10.3 Å². The molecule has 0 aliphatic carbocycles. The Balaban J connectivity index is 3.23. The van der Waals surface area contributed by atoms with Gasteiger partial charge in [0.05, 0.1) is 7.11 Å². The van der Waals surface area contributed by atoms with E-state index in [-0.39, 0.29) is 17.9 Å². The van der Waals surface area contributed by atoms with E-state index < -0.39 is 5.97 Å². The Hall–Kier alpha value is -1.79. The zero-order valence-corrected chi connectivity index (χ0v) is 8.02. The SMILES string of the molecule is COc1cc(O)c(C(=O)O)cc1CNO. The molecule has 6 heteroatoms. The number of methoxy groups -OCH3 is 1. The minimum absolute atomic E-state index is 0.0315. The number of hydroxylamine groups is 1. The zero-order valence-electron chi connectivity index (χ0n) is 8.02. The Morgan fingerprint density at radius 3 is 2.67 bits per heavy atom. The highest BCUT2D eigenvalue weighted by atomic mass is 16.5. The van der Waals surface area contributed by atoms with Crippen molar-refractivity contribution >= 4 is 5.97 Å². The van der Waals surface area contributed by atoms with Crippen molar-refractivity contribution in [3.63, 3.8) is 0 Å². The van der Waals surface area contributed by atoms with Crippen LogP contribution in [-0.2, 0) is 6.54 Å². The van der Waals surface area contributed by atoms with Crippen LogP contribution in [0.15, 0.2) is 12.1 Å². The number of aromatic hydroxyl groups is 1. The molecule has 82 valence electrons. The second-order valence-electron chi connectivity index (χ2n) is 2.82. The number of hydrogen-bond donors (Lipinski definition) is 4. The van der Waals surface area contributed by atoms with Crippen LogP contribution in [0, 0.1) is 0 Å². The van der Waals surface area contributed by atoms with Crippen molar-refractivity contribution in [2.24, 2.45) is 0 Å². The third kappa shape index (κ3) is 2.36. The van der Waals surface area contributed by atoms with E-state index in [0.717, 1.165) is 0 Å². The van der Waals surface area contributed by atoms with Crippen LogP contribution in [-0.4, -0.2) is 28.5 Å². The Kier molecular flexibility index (Phi) is 3.48. The maximum absolute atomic E-state index is 10.7. The summed E-state index contributed by atoms with van der Waals surface area (Å²) >= 11 is 0. The van der Waals surface area contributed by atoms with Gasteiger partial charge in [0.25, 0.3) is 0 Å². The smallest absolute Gasteiger partial charge is 0.339 e. The summed E-state index contributed by atoms with van der Waals surface area (Å²) in [6.45, 7) is 0.0315. The summed E-state index contributed by atoms with van der Waals surface area (Å²) in [6.07, 6.45) is 0. The fourth-order valence-corrected chi connectivity index (χ4v) is 1.20. The number of carbonyl (C=O) groups is 1. The van der Waals surface area contributed by atoms with Gasteiger partial charge in [-0.3, -0.25) is 0 Å². The number of benzene rings is 1. The Bertz CT molecular complexity index is 377. The van der Waals surface area contributed by atoms with Gasteiger partial charge in [0, 0.05) is 18.2 Å². The van der Waals surface area contributed by atoms with Gasteiger partial charge in [-0.05, 0) is 6.07 Å². The fraction of sp³-hybridized carbons (Fsp3) is 0.222. The van der Waals surface area contributed by atoms with Crippen molar-refractivity contribution in [3.8, 4) is 11.5 Å². The van der Waals surface area contributed by atoms with Gasteiger partial charge in [0.1, 0.15) is 17.1 Å². The number of nitrogens with one attached hydrogen (secondary N) is 1. The minimum atomic E-state index is -1.24. The summed E-state index contributed by atoms with van der Waals surface area (Å²) in [4.78, 5) is 10.7. The number of aromatic carboxylic acids is 1. The molecule has 0 heterocycles. The maximum atomic E-state index is 10.7. The van der Waals surface area contributed by atoms with E-state index >= 15 is 0 Å². The average Bonchev–Trinajstić information content (AvgIpc) is 2.20. The molecular formula is C9H11NO5. The van der Waals surface area contributed by atoms with Gasteiger partial charge in [0.15, 0.2) is 0 Å². The van der Waals surface area contributed by atoms with Crippen LogP contribution in [0.2, 0.25) is 0 Å². The molecule has 0 aromatic heterocycles. The summed E-state index contributed by atoms with van der Waals surface area (Å²) in [5.74, 6) is -1.31. The quantitative estimate of drug-likeness (QED) is 0.546. The highest BCUT2D eigenvalue weighted by molar-refractivity contribution is 5.91. The van der Waals surface area contributed by atoms with Crippen LogP contribution in [0.5, 0.6) is 11.5 Å². The van der Waals surface area contributed by atoms with E-state index in [1.807, 2.05) is 5.48 Å². The van der Waals surface area contributed by atoms with E-state index in [0.29, 0.717) is 11.3 Å². The molecule has 0 spiro atoms. The lowest BCUT2D eigenvalue weighted by Crippen LogP contribution is -2.09. The van der Waals surface area contributed by atoms with E-state index in [1.165, 1.54) is 19.2 Å². The van der Waals surface area contributed by atoms with E-state index in [1.54, 1.807) is 0 Å². The molecule has 0 unspecified atom stereocenters. The van der Waals surface area contributed by atoms with Crippen LogP contribution >= 0.6 is 0 Å². The number of rotatable bonds is 4. The molecule has 0 aliphatic heterocycles. The molecule has 0 amide bonds. The van der Waals surface area contributed by atoms with Crippen molar-refractivity contribution in [3.05, 3.63) is 23.3 Å². The van der Waals surface area contributed by atoms with Crippen molar-refractivity contribution in [1.82, 2.24) is 5.48 Å². The van der Waals surface area contributed by atoms with E-state index in [9.17, 15) is 9.90 Å². The molecule has 0 atom stereocenters. The molecule has 1 aromatic rings. The highest BCUT2D eigenvalue weighted by Crippen LogP contribution is 2.28. The molecule has 0 bridgehead atoms. The molecule has 0 saturated heterocycles. The summed E-state index contributed by atoms with van der Waals surface area (Å²) in [7, 11) is 1.39. The van der Waals surface area contributed by atoms with Crippen LogP contribution in [0.25, 0.3) is 0 Å². The largest absolute Gasteiger partial charge is 0.507 e. The van der Waals surface area contributed by atoms with Gasteiger partial charge < -0.3 is 20.2 Å². The molecule has 1 aromatic carbocycles. The van der Waals surface area contributed by atoms with Gasteiger partial charge in [0.2, 0.25) is 0 Å². The first-order chi connectivity index (χ1) is 7.10. The summed E-state index contributed by atoms with van der Waals surface area (Å²) in [5.41, 5.74) is 2.09. The van der Waals surface area contributed by atoms with E-state index in [4.69, 9.17) is 15.1 Å². The lowest BCUT2D eigenvalue weighted by Gasteiger charge is -2.09. The monoisotopic (exact) mass is 213 g/mol. The van der Waals surface area contributed by atoms with Gasteiger partial charge >= 0.3 is 5.97 Å². The predicted octanol–water partition coefficient (Wildman–Crippen LogP) is 0.578. The number of hydrogen-bond acceptors (Lipinski definition) is 5. The number of phenols is 1. The fourth-order valence-electron chi connectivity index (χ4n) is 1.20. The predicted molar refractivity (Wildman–Crippen MR) is 50.2 cm³/mol. The summed E-state index contributed by atoms with van der Waals surface area (Å²) in [6, 6.07) is 2.43. The molecule has 6 nitrogen and oxygen atoms in total. The average molecular weight is 213 g/mol. The van der Waals surface area contributed by atoms with Crippen LogP contribution < -0.4 is 10.2 Å². The first-order valence-corrected chi connectivity index (χ1v) is 4.10. The molecule has 0 saturated carbocycles. The molecular weight excluding hydrogens is 202 g/mol. The summed E-state index contributed by atoms with van der Waals surface area (Å²) in [5, 5.41) is 26.6. The van der Waals surface area contributed by atoms with Crippen molar-refractivity contribution in [2.45, 2.75) is 6.54 Å². The zero-order chi connectivity index (χ0) is 11.4. The molecule has 15 heavy (non-hydrogen) atoms. The summed E-state index contributed by atoms with van der Waals surface area (Å²) < 4.78 is 4.91. The molecule has 0 radical (unpaired) electrons. The topological polar surface area (TPSA) is 99.0 Å². The number of carboxylic acids is 1. The standard InChI is InChI=1S/C9H11NO5/c1-15-8-3-7(11)6(9(12)13)2-5(8)4-10-14/h2-3,10-11,14H,4H2,1H3,(H,12,13). The highest BCUT2D eigenvalue weighted by Gasteiger charge is 2.14. The van der Waals surface area contributed by atoms with E-state index in [2.05, 4.69) is 0 Å². The molecule has 0 aliphatic rings. The van der Waals surface area contributed by atoms with Crippen LogP contribution in [0.1, 0.15) is 15.9 Å². The Morgan fingerprint density at radius 2 is 2.20 bits per heavy atom. The van der Waals surface area contributed by atoms with Gasteiger partial charge in [-0.1, -0.05) is 0 Å². The van der Waals surface area contributed by atoms with Gasteiger partial charge in [-0.2, -0.15) is 0 Å². The third-order valence-corrected chi connectivity index (χ3v) is 1.90. The lowest BCUT2D eigenvalue weighted by atomic mass is 10.1. The molecule has 0 fully saturated rings. The Morgan fingerprint density at radius 1 is 1.53 bits per heavy atom. The second kappa shape index (κ2) is 4.63. The number of carboxylic acid groups (broad SMARTS) is 1. The normalized spacial score (nSPS) is 10.0. The van der Waals surface area contributed by atoms with Gasteiger partial charge in [-0.15, -0.1) is 0 Å². The van der Waals surface area contributed by atoms with Crippen molar-refractivity contribution < 1.29 is 25.0 Å². The first-order valence-electron chi connectivity index (χ1n) is 4.10. The minimum Gasteiger partial charge on any atom is -0.507 e. The second-order valence-corrected chi connectivity index (χ2v) is 2.82. The molecule has 1 rings (SSSR count). The van der Waals surface area contributed by atoms with Crippen LogP contribution in [0.4, 0.5) is 0 Å². The lowest BCUT2D eigenvalue weighted by molar-refractivity contribution is 0.0693. The maximum Gasteiger partial charge on any atom is 0.339 e.